The summed E-state index contributed by atoms with van der Waals surface area (Å²) in [4.78, 5) is 4.83. The van der Waals surface area contributed by atoms with Crippen molar-refractivity contribution in [3.63, 3.8) is 0 Å². The van der Waals surface area contributed by atoms with Crippen LogP contribution in [0.5, 0.6) is 5.75 Å². The van der Waals surface area contributed by atoms with Crippen LogP contribution in [-0.4, -0.2) is 26.9 Å². The molecule has 6 nitrogen and oxygen atoms in total. The van der Waals surface area contributed by atoms with Crippen LogP contribution < -0.4 is 4.74 Å². The molecule has 0 saturated heterocycles. The molecule has 8 heteroatoms. The van der Waals surface area contributed by atoms with Gasteiger partial charge < -0.3 is 9.15 Å². The van der Waals surface area contributed by atoms with E-state index in [1.165, 1.54) is 5.56 Å². The van der Waals surface area contributed by atoms with Crippen molar-refractivity contribution in [1.82, 2.24) is 19.7 Å². The summed E-state index contributed by atoms with van der Waals surface area (Å²) in [5, 5.41) is 12.9. The van der Waals surface area contributed by atoms with E-state index in [1.807, 2.05) is 42.5 Å². The third-order valence-electron chi connectivity index (χ3n) is 5.13. The maximum atomic E-state index is 5.61. The number of hydrogen-bond donors (Lipinski definition) is 0. The fourth-order valence-corrected chi connectivity index (χ4v) is 5.34. The zero-order chi connectivity index (χ0) is 22.6. The number of methoxy groups -OCH3 is 1. The van der Waals surface area contributed by atoms with Crippen LogP contribution in [0.1, 0.15) is 17.0 Å². The van der Waals surface area contributed by atoms with E-state index in [0.717, 1.165) is 44.3 Å². The number of benzene rings is 2. The molecule has 3 heterocycles. The highest BCUT2D eigenvalue weighted by Gasteiger charge is 2.17. The Labute approximate surface area is 200 Å². The SMILES string of the molecule is COc1ccccc1-c1nc(CSc2nnc(-c3cccc(C)c3)n2Cc2ccco2)cs1. The normalized spacial score (nSPS) is 11.1. The molecule has 0 fully saturated rings. The highest BCUT2D eigenvalue weighted by atomic mass is 32.2. The fraction of sp³-hybridized carbons (Fsp3) is 0.160. The van der Waals surface area contributed by atoms with Crippen LogP contribution in [0.25, 0.3) is 22.0 Å². The van der Waals surface area contributed by atoms with E-state index in [1.54, 1.807) is 36.5 Å². The van der Waals surface area contributed by atoms with Crippen LogP contribution >= 0.6 is 23.1 Å². The Bertz CT molecular complexity index is 1360. The molecule has 0 saturated carbocycles. The van der Waals surface area contributed by atoms with Crippen molar-refractivity contribution < 1.29 is 9.15 Å². The number of aromatic nitrogens is 4. The van der Waals surface area contributed by atoms with Crippen LogP contribution in [0, 0.1) is 6.92 Å². The summed E-state index contributed by atoms with van der Waals surface area (Å²) >= 11 is 3.24. The molecule has 5 aromatic rings. The van der Waals surface area contributed by atoms with E-state index >= 15 is 0 Å². The maximum absolute atomic E-state index is 5.61. The number of rotatable bonds is 8. The first kappa shape index (κ1) is 21.5. The molecule has 33 heavy (non-hydrogen) atoms. The molecular weight excluding hydrogens is 452 g/mol. The maximum Gasteiger partial charge on any atom is 0.192 e. The average molecular weight is 475 g/mol. The molecule has 2 aromatic carbocycles. The highest BCUT2D eigenvalue weighted by Crippen LogP contribution is 2.34. The molecule has 0 atom stereocenters. The summed E-state index contributed by atoms with van der Waals surface area (Å²) in [6.07, 6.45) is 1.69. The smallest absolute Gasteiger partial charge is 0.192 e. The van der Waals surface area contributed by atoms with Crippen LogP contribution in [0.15, 0.2) is 81.9 Å². The van der Waals surface area contributed by atoms with Gasteiger partial charge in [-0.2, -0.15) is 0 Å². The van der Waals surface area contributed by atoms with E-state index in [4.69, 9.17) is 14.1 Å². The van der Waals surface area contributed by atoms with E-state index in [9.17, 15) is 0 Å². The second-order valence-corrected chi connectivity index (χ2v) is 9.27. The van der Waals surface area contributed by atoms with Crippen molar-refractivity contribution in [2.45, 2.75) is 24.4 Å². The van der Waals surface area contributed by atoms with Gasteiger partial charge in [0.25, 0.3) is 0 Å². The second kappa shape index (κ2) is 9.64. The van der Waals surface area contributed by atoms with Gasteiger partial charge in [-0.15, -0.1) is 21.5 Å². The Hall–Kier alpha value is -3.36. The van der Waals surface area contributed by atoms with Crippen molar-refractivity contribution in [1.29, 1.82) is 0 Å². The summed E-state index contributed by atoms with van der Waals surface area (Å²) in [6, 6.07) is 20.1. The largest absolute Gasteiger partial charge is 0.496 e. The molecule has 3 aromatic heterocycles. The second-order valence-electron chi connectivity index (χ2n) is 7.47. The number of nitrogens with zero attached hydrogens (tertiary/aromatic N) is 4. The van der Waals surface area contributed by atoms with Crippen LogP contribution in [0.4, 0.5) is 0 Å². The van der Waals surface area contributed by atoms with E-state index in [0.29, 0.717) is 12.3 Å². The molecule has 0 aliphatic heterocycles. The highest BCUT2D eigenvalue weighted by molar-refractivity contribution is 7.98. The molecule has 0 radical (unpaired) electrons. The van der Waals surface area contributed by atoms with Gasteiger partial charge in [-0.1, -0.05) is 47.7 Å². The lowest BCUT2D eigenvalue weighted by Crippen LogP contribution is -2.03. The molecule has 0 spiro atoms. The number of ether oxygens (including phenoxy) is 1. The Balaban J connectivity index is 1.40. The Morgan fingerprint density at radius 1 is 1.06 bits per heavy atom. The van der Waals surface area contributed by atoms with E-state index in [-0.39, 0.29) is 0 Å². The van der Waals surface area contributed by atoms with Crippen molar-refractivity contribution in [2.24, 2.45) is 0 Å². The van der Waals surface area contributed by atoms with Gasteiger partial charge in [0.05, 0.1) is 31.2 Å². The molecule has 0 amide bonds. The zero-order valence-electron chi connectivity index (χ0n) is 18.3. The predicted molar refractivity (Wildman–Crippen MR) is 132 cm³/mol. The minimum absolute atomic E-state index is 0.565. The minimum Gasteiger partial charge on any atom is -0.496 e. The Morgan fingerprint density at radius 3 is 2.79 bits per heavy atom. The lowest BCUT2D eigenvalue weighted by Gasteiger charge is -2.09. The van der Waals surface area contributed by atoms with Gasteiger partial charge in [0.15, 0.2) is 11.0 Å². The third kappa shape index (κ3) is 4.72. The van der Waals surface area contributed by atoms with Crippen LogP contribution in [0.3, 0.4) is 0 Å². The Kier molecular flexibility index (Phi) is 6.28. The fourth-order valence-electron chi connectivity index (χ4n) is 3.55. The summed E-state index contributed by atoms with van der Waals surface area (Å²) in [5.74, 6) is 3.20. The first-order chi connectivity index (χ1) is 16.2. The zero-order valence-corrected chi connectivity index (χ0v) is 19.9. The third-order valence-corrected chi connectivity index (χ3v) is 7.05. The molecule has 0 aliphatic carbocycles. The van der Waals surface area contributed by atoms with Gasteiger partial charge in [0.2, 0.25) is 0 Å². The van der Waals surface area contributed by atoms with Gasteiger partial charge >= 0.3 is 0 Å². The number of thioether (sulfide) groups is 1. The van der Waals surface area contributed by atoms with Gasteiger partial charge in [-0.3, -0.25) is 4.57 Å². The van der Waals surface area contributed by atoms with Crippen molar-refractivity contribution in [3.05, 3.63) is 89.3 Å². The molecule has 0 bridgehead atoms. The first-order valence-electron chi connectivity index (χ1n) is 10.4. The van der Waals surface area contributed by atoms with Gasteiger partial charge in [-0.25, -0.2) is 4.98 Å². The lowest BCUT2D eigenvalue weighted by atomic mass is 10.1. The first-order valence-corrected chi connectivity index (χ1v) is 12.3. The summed E-state index contributed by atoms with van der Waals surface area (Å²) < 4.78 is 13.2. The number of para-hydroxylation sites is 1. The van der Waals surface area contributed by atoms with Gasteiger partial charge in [0.1, 0.15) is 16.5 Å². The molecule has 5 rings (SSSR count). The predicted octanol–water partition coefficient (Wildman–Crippen LogP) is 6.32. The monoisotopic (exact) mass is 474 g/mol. The van der Waals surface area contributed by atoms with Crippen molar-refractivity contribution in [3.8, 4) is 27.7 Å². The van der Waals surface area contributed by atoms with Gasteiger partial charge in [-0.05, 0) is 37.3 Å². The lowest BCUT2D eigenvalue weighted by molar-refractivity contribution is 0.416. The number of hydrogen-bond acceptors (Lipinski definition) is 7. The topological polar surface area (TPSA) is 66.0 Å². The number of furan rings is 1. The van der Waals surface area contributed by atoms with Gasteiger partial charge in [0, 0.05) is 16.7 Å². The average Bonchev–Trinajstić information content (AvgIpc) is 3.60. The number of aryl methyl sites for hydroxylation is 1. The molecular formula is C25H22N4O2S2. The van der Waals surface area contributed by atoms with E-state index < -0.39 is 0 Å². The number of thiazole rings is 1. The summed E-state index contributed by atoms with van der Waals surface area (Å²) in [7, 11) is 1.68. The van der Waals surface area contributed by atoms with Crippen molar-refractivity contribution >= 4 is 23.1 Å². The molecule has 0 unspecified atom stereocenters. The molecule has 166 valence electrons. The minimum atomic E-state index is 0.565. The standard InChI is InChI=1S/C25H22N4O2S2/c1-17-7-5-8-18(13-17)23-27-28-25(29(23)14-20-9-6-12-31-20)33-16-19-15-32-24(26-19)21-10-3-4-11-22(21)30-2/h3-13,15H,14,16H2,1-2H3. The van der Waals surface area contributed by atoms with Crippen molar-refractivity contribution in [2.75, 3.05) is 7.11 Å². The van der Waals surface area contributed by atoms with E-state index in [2.05, 4.69) is 45.3 Å². The summed E-state index contributed by atoms with van der Waals surface area (Å²) in [5.41, 5.74) is 4.22. The van der Waals surface area contributed by atoms with Crippen LogP contribution in [-0.2, 0) is 12.3 Å². The Morgan fingerprint density at radius 2 is 1.97 bits per heavy atom. The molecule has 0 N–H and O–H groups in total. The summed E-state index contributed by atoms with van der Waals surface area (Å²) in [6.45, 7) is 2.64. The van der Waals surface area contributed by atoms with Crippen LogP contribution in [0.2, 0.25) is 0 Å². The molecule has 0 aliphatic rings. The quantitative estimate of drug-likeness (QED) is 0.245.